The number of sulfonamides is 1. The molecule has 0 bridgehead atoms. The van der Waals surface area contributed by atoms with Crippen LogP contribution in [0.3, 0.4) is 0 Å². The number of thiazole rings is 1. The molecule has 1 unspecified atom stereocenters. The number of oxime groups is 1. The van der Waals surface area contributed by atoms with Gasteiger partial charge in [-0.15, -0.1) is 11.3 Å². The minimum atomic E-state index is -4.05. The smallest absolute Gasteiger partial charge is 0.275 e. The number of carbonyl (C=O) groups is 2. The van der Waals surface area contributed by atoms with E-state index in [9.17, 15) is 22.8 Å². The molecule has 13 nitrogen and oxygen atoms in total. The van der Waals surface area contributed by atoms with Crippen LogP contribution >= 0.6 is 33.9 Å². The lowest BCUT2D eigenvalue weighted by Crippen LogP contribution is -2.44. The third kappa shape index (κ3) is 7.75. The summed E-state index contributed by atoms with van der Waals surface area (Å²) in [6, 6.07) is 7.97. The van der Waals surface area contributed by atoms with Crippen LogP contribution in [0.25, 0.3) is 0 Å². The fourth-order valence-electron chi connectivity index (χ4n) is 3.22. The largest absolute Gasteiger partial charge is 0.393 e. The molecule has 0 spiro atoms. The van der Waals surface area contributed by atoms with Gasteiger partial charge in [0.1, 0.15) is 18.8 Å². The van der Waals surface area contributed by atoms with Crippen molar-refractivity contribution < 1.29 is 22.8 Å². The van der Waals surface area contributed by atoms with Gasteiger partial charge in [0, 0.05) is 27.3 Å². The van der Waals surface area contributed by atoms with Gasteiger partial charge in [-0.05, 0) is 65.0 Å². The predicted molar refractivity (Wildman–Crippen MR) is 150 cm³/mol. The van der Waals surface area contributed by atoms with Gasteiger partial charge >= 0.3 is 0 Å². The number of aryl methyl sites for hydroxylation is 1. The first-order valence-electron chi connectivity index (χ1n) is 10.9. The number of aromatic nitrogens is 2. The molecule has 0 aliphatic heterocycles. The van der Waals surface area contributed by atoms with E-state index in [-0.39, 0.29) is 34.6 Å². The predicted octanol–water partition coefficient (Wildman–Crippen LogP) is 0.981. The number of nitrogens with two attached hydrogens (primary N) is 2. The van der Waals surface area contributed by atoms with Gasteiger partial charge in [-0.2, -0.15) is 0 Å². The minimum Gasteiger partial charge on any atom is -0.393 e. The van der Waals surface area contributed by atoms with Crippen LogP contribution in [0.4, 0.5) is 5.69 Å². The van der Waals surface area contributed by atoms with E-state index in [1.165, 1.54) is 30.5 Å². The van der Waals surface area contributed by atoms with Gasteiger partial charge < -0.3 is 26.2 Å². The normalized spacial score (nSPS) is 11.8. The fraction of sp³-hybridized carbons (Fsp3) is 0.227. The van der Waals surface area contributed by atoms with Crippen molar-refractivity contribution in [2.75, 3.05) is 11.3 Å². The van der Waals surface area contributed by atoms with Gasteiger partial charge in [0.05, 0.1) is 10.9 Å². The van der Waals surface area contributed by atoms with Crippen LogP contribution < -0.4 is 27.1 Å². The Balaban J connectivity index is 1.79. The summed E-state index contributed by atoms with van der Waals surface area (Å²) in [5.74, 6) is -1.42. The third-order valence-corrected chi connectivity index (χ3v) is 7.83. The summed E-state index contributed by atoms with van der Waals surface area (Å²) in [5, 5.41) is 7.77. The molecule has 0 saturated heterocycles. The lowest BCUT2D eigenvalue weighted by atomic mass is 10.1. The molecule has 0 fully saturated rings. The van der Waals surface area contributed by atoms with Crippen molar-refractivity contribution in [3.63, 3.8) is 0 Å². The number of benzene rings is 1. The number of hydrogen-bond acceptors (Lipinski definition) is 9. The molecule has 0 saturated carbocycles. The SMILES string of the molecule is Cc1ccc(NS(=O)(=O)c2cccc(I)c2)c(=O)n1CC(=O)NC(CCON=C(N)N)C(=O)c1nccs1. The van der Waals surface area contributed by atoms with E-state index in [1.807, 2.05) is 22.6 Å². The Hall–Kier alpha value is -3.51. The number of Topliss-reactive ketones (excluding diaryl/α,β-unsaturated/α-hetero) is 1. The summed E-state index contributed by atoms with van der Waals surface area (Å²) in [5.41, 5.74) is 9.87. The van der Waals surface area contributed by atoms with Gasteiger partial charge in [0.25, 0.3) is 15.6 Å². The Morgan fingerprint density at radius 3 is 2.68 bits per heavy atom. The molecule has 16 heteroatoms. The maximum absolute atomic E-state index is 13.1. The number of nitrogens with zero attached hydrogens (tertiary/aromatic N) is 3. The first-order chi connectivity index (χ1) is 18.0. The van der Waals surface area contributed by atoms with Gasteiger partial charge in [-0.1, -0.05) is 6.07 Å². The zero-order valence-electron chi connectivity index (χ0n) is 20.0. The number of anilines is 1. The topological polar surface area (TPSA) is 201 Å². The van der Waals surface area contributed by atoms with Crippen molar-refractivity contribution in [2.45, 2.75) is 30.8 Å². The van der Waals surface area contributed by atoms with Crippen molar-refractivity contribution in [1.29, 1.82) is 0 Å². The summed E-state index contributed by atoms with van der Waals surface area (Å²) >= 11 is 3.09. The van der Waals surface area contributed by atoms with Gasteiger partial charge in [0.15, 0.2) is 5.01 Å². The van der Waals surface area contributed by atoms with E-state index < -0.39 is 39.9 Å². The van der Waals surface area contributed by atoms with E-state index in [2.05, 4.69) is 20.2 Å². The van der Waals surface area contributed by atoms with Crippen molar-refractivity contribution in [3.05, 3.63) is 72.6 Å². The number of ketones is 1. The second-order valence-electron chi connectivity index (χ2n) is 7.80. The zero-order valence-corrected chi connectivity index (χ0v) is 23.7. The molecular weight excluding hydrogens is 649 g/mol. The average Bonchev–Trinajstić information content (AvgIpc) is 3.40. The van der Waals surface area contributed by atoms with E-state index in [0.29, 0.717) is 9.26 Å². The lowest BCUT2D eigenvalue weighted by molar-refractivity contribution is -0.122. The molecule has 38 heavy (non-hydrogen) atoms. The van der Waals surface area contributed by atoms with Crippen LogP contribution in [-0.4, -0.2) is 48.3 Å². The number of halogens is 1. The number of rotatable bonds is 12. The number of guanidine groups is 1. The standard InChI is InChI=1S/C22H24IN7O6S2/c1-13-5-6-17(29-38(34,35)15-4-2-3-14(23)11-15)21(33)30(13)12-18(31)27-16(7-9-36-28-22(24)25)19(32)20-26-8-10-37-20/h2-6,8,10-11,16,29H,7,9,12H2,1H3,(H,27,31)(H4,24,25,28). The highest BCUT2D eigenvalue weighted by atomic mass is 127. The van der Waals surface area contributed by atoms with Crippen LogP contribution in [-0.2, 0) is 26.2 Å². The number of amides is 1. The molecule has 2 heterocycles. The molecule has 0 radical (unpaired) electrons. The van der Waals surface area contributed by atoms with Crippen LogP contribution in [0.2, 0.25) is 0 Å². The number of hydrogen-bond donors (Lipinski definition) is 4. The maximum Gasteiger partial charge on any atom is 0.275 e. The summed E-state index contributed by atoms with van der Waals surface area (Å²) in [6.07, 6.45) is 1.48. The molecule has 3 aromatic rings. The van der Waals surface area contributed by atoms with E-state index >= 15 is 0 Å². The highest BCUT2D eigenvalue weighted by Gasteiger charge is 2.25. The molecule has 202 valence electrons. The average molecular weight is 674 g/mol. The summed E-state index contributed by atoms with van der Waals surface area (Å²) < 4.78 is 29.7. The Morgan fingerprint density at radius 1 is 1.26 bits per heavy atom. The molecule has 6 N–H and O–H groups in total. The van der Waals surface area contributed by atoms with Gasteiger partial charge in [-0.25, -0.2) is 13.4 Å². The van der Waals surface area contributed by atoms with Crippen LogP contribution in [0, 0.1) is 10.5 Å². The second-order valence-corrected chi connectivity index (χ2v) is 11.6. The summed E-state index contributed by atoms with van der Waals surface area (Å²) in [4.78, 5) is 47.8. The van der Waals surface area contributed by atoms with E-state index in [4.69, 9.17) is 16.3 Å². The Kier molecular flexibility index (Phi) is 9.81. The number of carbonyl (C=O) groups excluding carboxylic acids is 2. The molecule has 1 amide bonds. The number of nitrogens with one attached hydrogen (secondary N) is 2. The van der Waals surface area contributed by atoms with Crippen LogP contribution in [0.1, 0.15) is 21.9 Å². The number of pyridine rings is 1. The Bertz CT molecular complexity index is 1500. The van der Waals surface area contributed by atoms with Crippen LogP contribution in [0.15, 0.2) is 62.8 Å². The van der Waals surface area contributed by atoms with Crippen molar-refractivity contribution in [3.8, 4) is 0 Å². The quantitative estimate of drug-likeness (QED) is 0.0540. The highest BCUT2D eigenvalue weighted by Crippen LogP contribution is 2.17. The fourth-order valence-corrected chi connectivity index (χ4v) is 5.71. The van der Waals surface area contributed by atoms with Gasteiger partial charge in [-0.3, -0.25) is 19.1 Å². The van der Waals surface area contributed by atoms with Crippen molar-refractivity contribution in [1.82, 2.24) is 14.9 Å². The molecule has 1 atom stereocenters. The summed E-state index contributed by atoms with van der Waals surface area (Å²) in [7, 11) is -4.05. The molecule has 2 aromatic heterocycles. The summed E-state index contributed by atoms with van der Waals surface area (Å²) in [6.45, 7) is 1.03. The van der Waals surface area contributed by atoms with E-state index in [1.54, 1.807) is 24.4 Å². The molecule has 0 aliphatic carbocycles. The highest BCUT2D eigenvalue weighted by molar-refractivity contribution is 14.1. The minimum absolute atomic E-state index is 0.0137. The Morgan fingerprint density at radius 2 is 2.03 bits per heavy atom. The van der Waals surface area contributed by atoms with Crippen LogP contribution in [0.5, 0.6) is 0 Å². The Labute approximate surface area is 235 Å². The third-order valence-electron chi connectivity index (χ3n) is 5.01. The zero-order chi connectivity index (χ0) is 27.9. The first kappa shape index (κ1) is 29.1. The molecular formula is C22H24IN7O6S2. The molecule has 1 aromatic carbocycles. The van der Waals surface area contributed by atoms with E-state index in [0.717, 1.165) is 15.9 Å². The van der Waals surface area contributed by atoms with Crippen molar-refractivity contribution in [2.24, 2.45) is 16.6 Å². The molecule has 0 aliphatic rings. The van der Waals surface area contributed by atoms with Gasteiger partial charge in [0.2, 0.25) is 17.6 Å². The lowest BCUT2D eigenvalue weighted by Gasteiger charge is -2.18. The second kappa shape index (κ2) is 12.8. The monoisotopic (exact) mass is 673 g/mol. The maximum atomic E-state index is 13.1. The first-order valence-corrected chi connectivity index (χ1v) is 14.3. The molecule has 3 rings (SSSR count). The van der Waals surface area contributed by atoms with Crippen molar-refractivity contribution >= 4 is 67.3 Å².